The van der Waals surface area contributed by atoms with Crippen LogP contribution in [0, 0.1) is 6.92 Å². The van der Waals surface area contributed by atoms with E-state index in [1.807, 2.05) is 13.0 Å². The molecule has 0 saturated carbocycles. The van der Waals surface area contributed by atoms with Gasteiger partial charge in [-0.25, -0.2) is 9.97 Å². The van der Waals surface area contributed by atoms with Crippen LogP contribution in [0.25, 0.3) is 16.6 Å². The third-order valence-electron chi connectivity index (χ3n) is 6.23. The van der Waals surface area contributed by atoms with E-state index in [-0.39, 0.29) is 5.56 Å². The third-order valence-corrected chi connectivity index (χ3v) is 6.84. The van der Waals surface area contributed by atoms with Gasteiger partial charge in [0.2, 0.25) is 5.95 Å². The van der Waals surface area contributed by atoms with Crippen molar-refractivity contribution in [1.82, 2.24) is 24.3 Å². The van der Waals surface area contributed by atoms with E-state index in [0.29, 0.717) is 32.6 Å². The lowest BCUT2D eigenvalue weighted by molar-refractivity contribution is 0.246. The fourth-order valence-electron chi connectivity index (χ4n) is 4.40. The molecule has 0 fully saturated rings. The van der Waals surface area contributed by atoms with Crippen molar-refractivity contribution in [2.24, 2.45) is 0 Å². The summed E-state index contributed by atoms with van der Waals surface area (Å²) in [5.41, 5.74) is 5.16. The molecule has 7 nitrogen and oxygen atoms in total. The molecule has 35 heavy (non-hydrogen) atoms. The molecule has 2 aromatic heterocycles. The molecule has 0 bridgehead atoms. The SMILES string of the molecule is Cc1cn(-c2c(Cl)cccc2Cl)c(=O)c2cnc(Nc3ccc4c(c3)CN(CCN(C)C)C4)nc12. The number of rotatable bonds is 6. The second-order valence-electron chi connectivity index (χ2n) is 9.14. The van der Waals surface area contributed by atoms with E-state index < -0.39 is 0 Å². The van der Waals surface area contributed by atoms with Gasteiger partial charge in [0.25, 0.3) is 5.56 Å². The molecule has 0 amide bonds. The van der Waals surface area contributed by atoms with Gasteiger partial charge < -0.3 is 10.2 Å². The van der Waals surface area contributed by atoms with Crippen LogP contribution in [0.5, 0.6) is 0 Å². The number of para-hydroxylation sites is 1. The lowest BCUT2D eigenvalue weighted by Crippen LogP contribution is -2.27. The molecule has 1 aliphatic heterocycles. The summed E-state index contributed by atoms with van der Waals surface area (Å²) in [6, 6.07) is 11.5. The number of benzene rings is 2. The van der Waals surface area contributed by atoms with E-state index in [2.05, 4.69) is 51.3 Å². The number of hydrogen-bond donors (Lipinski definition) is 1. The van der Waals surface area contributed by atoms with E-state index in [1.54, 1.807) is 30.6 Å². The minimum Gasteiger partial charge on any atom is -0.324 e. The van der Waals surface area contributed by atoms with Gasteiger partial charge in [-0.15, -0.1) is 0 Å². The molecule has 1 N–H and O–H groups in total. The summed E-state index contributed by atoms with van der Waals surface area (Å²) in [5.74, 6) is 0.441. The van der Waals surface area contributed by atoms with Crippen LogP contribution in [0.4, 0.5) is 11.6 Å². The summed E-state index contributed by atoms with van der Waals surface area (Å²) >= 11 is 12.7. The fraction of sp³-hybridized carbons (Fsp3) is 0.269. The molecule has 0 aliphatic carbocycles. The molecule has 5 rings (SSSR count). The number of pyridine rings is 1. The van der Waals surface area contributed by atoms with Crippen LogP contribution in [0.2, 0.25) is 10.0 Å². The Labute approximate surface area is 213 Å². The Morgan fingerprint density at radius 3 is 2.57 bits per heavy atom. The molecule has 3 heterocycles. The van der Waals surface area contributed by atoms with Gasteiger partial charge in [0, 0.05) is 44.3 Å². The van der Waals surface area contributed by atoms with Crippen molar-refractivity contribution in [3.63, 3.8) is 0 Å². The maximum Gasteiger partial charge on any atom is 0.266 e. The highest BCUT2D eigenvalue weighted by Crippen LogP contribution is 2.29. The molecule has 9 heteroatoms. The normalized spacial score (nSPS) is 13.5. The highest BCUT2D eigenvalue weighted by Gasteiger charge is 2.19. The average molecular weight is 509 g/mol. The second-order valence-corrected chi connectivity index (χ2v) is 9.95. The predicted molar refractivity (Wildman–Crippen MR) is 142 cm³/mol. The van der Waals surface area contributed by atoms with Crippen molar-refractivity contribution >= 4 is 45.7 Å². The molecular weight excluding hydrogens is 483 g/mol. The van der Waals surface area contributed by atoms with E-state index in [1.165, 1.54) is 15.7 Å². The lowest BCUT2D eigenvalue weighted by atomic mass is 10.1. The topological polar surface area (TPSA) is 66.3 Å². The van der Waals surface area contributed by atoms with E-state index in [9.17, 15) is 4.79 Å². The summed E-state index contributed by atoms with van der Waals surface area (Å²) in [6.45, 7) is 5.87. The highest BCUT2D eigenvalue weighted by atomic mass is 35.5. The third kappa shape index (κ3) is 4.77. The van der Waals surface area contributed by atoms with Gasteiger partial charge >= 0.3 is 0 Å². The number of hydrogen-bond acceptors (Lipinski definition) is 6. The number of halogens is 2. The van der Waals surface area contributed by atoms with Crippen LogP contribution in [0.3, 0.4) is 0 Å². The van der Waals surface area contributed by atoms with E-state index in [4.69, 9.17) is 23.2 Å². The van der Waals surface area contributed by atoms with Gasteiger partial charge in [-0.3, -0.25) is 14.3 Å². The number of likely N-dealkylation sites (N-methyl/N-ethyl adjacent to an activating group) is 1. The summed E-state index contributed by atoms with van der Waals surface area (Å²) in [4.78, 5) is 27.0. The molecular formula is C26H26Cl2N6O. The van der Waals surface area contributed by atoms with Crippen molar-refractivity contribution in [2.45, 2.75) is 20.0 Å². The first-order valence-electron chi connectivity index (χ1n) is 11.4. The lowest BCUT2D eigenvalue weighted by Gasteiger charge is -2.17. The monoisotopic (exact) mass is 508 g/mol. The highest BCUT2D eigenvalue weighted by molar-refractivity contribution is 6.37. The number of fused-ring (bicyclic) bond motifs is 2. The van der Waals surface area contributed by atoms with Crippen LogP contribution in [0.15, 0.2) is 53.6 Å². The van der Waals surface area contributed by atoms with Crippen LogP contribution in [-0.4, -0.2) is 51.5 Å². The zero-order valence-electron chi connectivity index (χ0n) is 19.8. The van der Waals surface area contributed by atoms with Crippen LogP contribution in [0.1, 0.15) is 16.7 Å². The zero-order valence-corrected chi connectivity index (χ0v) is 21.4. The Hall–Kier alpha value is -2.97. The Kier molecular flexibility index (Phi) is 6.51. The van der Waals surface area contributed by atoms with Gasteiger partial charge in [-0.2, -0.15) is 0 Å². The number of aryl methyl sites for hydroxylation is 1. The number of aromatic nitrogens is 3. The minimum atomic E-state index is -0.275. The van der Waals surface area contributed by atoms with E-state index in [0.717, 1.165) is 37.4 Å². The van der Waals surface area contributed by atoms with Crippen LogP contribution >= 0.6 is 23.2 Å². The fourth-order valence-corrected chi connectivity index (χ4v) is 4.98. The van der Waals surface area contributed by atoms with Crippen molar-refractivity contribution in [3.8, 4) is 5.69 Å². The predicted octanol–water partition coefficient (Wildman–Crippen LogP) is 5.02. The molecule has 0 spiro atoms. The standard InChI is InChI=1S/C26H26Cl2N6O/c1-16-13-34(24-21(27)5-4-6-22(24)28)25(35)20-12-29-26(31-23(16)20)30-19-8-7-17-14-33(10-9-32(2)3)15-18(17)11-19/h4-8,11-13H,9-10,14-15H2,1-3H3,(H,29,30,31). The van der Waals surface area contributed by atoms with Gasteiger partial charge in [0.1, 0.15) is 0 Å². The molecule has 1 aliphatic rings. The van der Waals surface area contributed by atoms with Gasteiger partial charge in [-0.1, -0.05) is 35.3 Å². The first-order valence-corrected chi connectivity index (χ1v) is 12.1. The second kappa shape index (κ2) is 9.59. The van der Waals surface area contributed by atoms with Crippen molar-refractivity contribution < 1.29 is 0 Å². The smallest absolute Gasteiger partial charge is 0.266 e. The van der Waals surface area contributed by atoms with Crippen molar-refractivity contribution in [2.75, 3.05) is 32.5 Å². The molecule has 0 radical (unpaired) electrons. The summed E-state index contributed by atoms with van der Waals surface area (Å²) in [7, 11) is 4.19. The Morgan fingerprint density at radius 2 is 1.83 bits per heavy atom. The molecule has 0 unspecified atom stereocenters. The number of anilines is 2. The molecule has 2 aromatic carbocycles. The van der Waals surface area contributed by atoms with Crippen molar-refractivity contribution in [3.05, 3.63) is 85.9 Å². The largest absolute Gasteiger partial charge is 0.324 e. The Morgan fingerprint density at radius 1 is 1.09 bits per heavy atom. The van der Waals surface area contributed by atoms with Crippen LogP contribution < -0.4 is 10.9 Å². The molecule has 0 saturated heterocycles. The first kappa shape index (κ1) is 23.8. The Bertz CT molecular complexity index is 1460. The summed E-state index contributed by atoms with van der Waals surface area (Å²) in [6.07, 6.45) is 3.27. The molecule has 0 atom stereocenters. The molecule has 4 aromatic rings. The van der Waals surface area contributed by atoms with E-state index >= 15 is 0 Å². The summed E-state index contributed by atoms with van der Waals surface area (Å²) in [5, 5.41) is 4.50. The van der Waals surface area contributed by atoms with Gasteiger partial charge in [0.05, 0.1) is 26.6 Å². The Balaban J connectivity index is 1.42. The number of nitrogens with zero attached hydrogens (tertiary/aromatic N) is 5. The van der Waals surface area contributed by atoms with Crippen LogP contribution in [-0.2, 0) is 13.1 Å². The maximum atomic E-state index is 13.2. The van der Waals surface area contributed by atoms with Crippen molar-refractivity contribution in [1.29, 1.82) is 0 Å². The maximum absolute atomic E-state index is 13.2. The number of nitrogens with one attached hydrogen (secondary N) is 1. The van der Waals surface area contributed by atoms with Gasteiger partial charge in [-0.05, 0) is 62.0 Å². The quantitative estimate of drug-likeness (QED) is 0.394. The summed E-state index contributed by atoms with van der Waals surface area (Å²) < 4.78 is 1.46. The minimum absolute atomic E-state index is 0.275. The zero-order chi connectivity index (χ0) is 24.7. The first-order chi connectivity index (χ1) is 16.8. The molecule has 180 valence electrons. The van der Waals surface area contributed by atoms with Gasteiger partial charge in [0.15, 0.2) is 0 Å². The average Bonchev–Trinajstić information content (AvgIpc) is 3.23.